The van der Waals surface area contributed by atoms with Gasteiger partial charge < -0.3 is 14.8 Å². The number of aromatic hydroxyl groups is 1. The normalized spacial score (nSPS) is 16.1. The number of nitrogens with one attached hydrogen (secondary N) is 1. The summed E-state index contributed by atoms with van der Waals surface area (Å²) in [4.78, 5) is 3.45. The molecule has 0 radical (unpaired) electrons. The van der Waals surface area contributed by atoms with Gasteiger partial charge >= 0.3 is 0 Å². The fraction of sp³-hybridized carbons (Fsp3) is 0.222. The van der Waals surface area contributed by atoms with Gasteiger partial charge in [-0.25, -0.2) is 0 Å². The summed E-state index contributed by atoms with van der Waals surface area (Å²) in [5, 5.41) is 11.9. The molecule has 2 heterocycles. The lowest BCUT2D eigenvalue weighted by Crippen LogP contribution is -2.28. The van der Waals surface area contributed by atoms with E-state index in [0.717, 1.165) is 38.7 Å². The van der Waals surface area contributed by atoms with Gasteiger partial charge in [0.15, 0.2) is 0 Å². The minimum absolute atomic E-state index is 0.282. The average Bonchev–Trinajstić information content (AvgIpc) is 2.76. The second-order valence-electron chi connectivity index (χ2n) is 6.25. The number of benzene rings is 2. The molecular weight excluding hydrogens is 262 g/mol. The number of aryl methyl sites for hydroxylation is 1. The zero-order valence-corrected chi connectivity index (χ0v) is 12.3. The number of phenolic OH excluding ortho intramolecular Hbond substituents is 1. The number of hydrogen-bond donors (Lipinski definition) is 2. The summed E-state index contributed by atoms with van der Waals surface area (Å²) < 4.78 is 6.12. The van der Waals surface area contributed by atoms with E-state index >= 15 is 0 Å². The first-order chi connectivity index (χ1) is 9.94. The first kappa shape index (κ1) is 12.3. The van der Waals surface area contributed by atoms with Gasteiger partial charge in [-0.2, -0.15) is 0 Å². The van der Waals surface area contributed by atoms with E-state index in [2.05, 4.69) is 44.0 Å². The molecule has 0 spiro atoms. The molecule has 2 aromatic carbocycles. The van der Waals surface area contributed by atoms with Crippen molar-refractivity contribution < 1.29 is 9.84 Å². The molecule has 0 fully saturated rings. The molecule has 2 N–H and O–H groups in total. The molecular formula is C18H17NO2. The van der Waals surface area contributed by atoms with E-state index in [9.17, 15) is 5.11 Å². The van der Waals surface area contributed by atoms with Crippen LogP contribution in [0.25, 0.3) is 27.9 Å². The van der Waals surface area contributed by atoms with Gasteiger partial charge in [0.25, 0.3) is 0 Å². The third kappa shape index (κ3) is 1.74. The van der Waals surface area contributed by atoms with Crippen molar-refractivity contribution in [2.75, 3.05) is 0 Å². The molecule has 0 unspecified atom stereocenters. The Morgan fingerprint density at radius 1 is 1.14 bits per heavy atom. The lowest BCUT2D eigenvalue weighted by Gasteiger charge is -2.29. The number of fused-ring (bicyclic) bond motifs is 5. The fourth-order valence-electron chi connectivity index (χ4n) is 3.05. The maximum atomic E-state index is 9.73. The highest BCUT2D eigenvalue weighted by Crippen LogP contribution is 2.41. The Morgan fingerprint density at radius 3 is 2.76 bits per heavy atom. The highest BCUT2D eigenvalue weighted by Gasteiger charge is 2.25. The summed E-state index contributed by atoms with van der Waals surface area (Å²) in [5.41, 5.74) is 3.99. The first-order valence-corrected chi connectivity index (χ1v) is 7.11. The predicted molar refractivity (Wildman–Crippen MR) is 85.9 cm³/mol. The summed E-state index contributed by atoms with van der Waals surface area (Å²) in [6, 6.07) is 7.54. The standard InChI is InChI=1S/C18H17NO2/c1-10-8-14-13-9-11(20)4-5-15(13)19-16(14)12-6-7-18(2,3)21-17(10)12/h4-9,19-20H,1-3H3. The van der Waals surface area contributed by atoms with Crippen molar-refractivity contribution in [1.29, 1.82) is 0 Å². The topological polar surface area (TPSA) is 45.2 Å². The number of aromatic amines is 1. The van der Waals surface area contributed by atoms with Crippen LogP contribution in [0.5, 0.6) is 11.5 Å². The SMILES string of the molecule is Cc1cc2c([nH]c3ccc(O)cc32)c2c1OC(C)(C)C=C2. The molecule has 3 heteroatoms. The second-order valence-corrected chi connectivity index (χ2v) is 6.25. The highest BCUT2D eigenvalue weighted by atomic mass is 16.5. The molecule has 0 amide bonds. The van der Waals surface area contributed by atoms with Gasteiger partial charge in [-0.05, 0) is 62.8 Å². The molecule has 1 aromatic heterocycles. The third-order valence-corrected chi connectivity index (χ3v) is 4.07. The van der Waals surface area contributed by atoms with Crippen molar-refractivity contribution in [1.82, 2.24) is 4.98 Å². The van der Waals surface area contributed by atoms with Gasteiger partial charge in [0, 0.05) is 21.9 Å². The van der Waals surface area contributed by atoms with Gasteiger partial charge in [-0.1, -0.05) is 0 Å². The van der Waals surface area contributed by atoms with Gasteiger partial charge in [0.05, 0.1) is 5.52 Å². The second kappa shape index (κ2) is 3.82. The molecule has 4 rings (SSSR count). The number of ether oxygens (including phenoxy) is 1. The Bertz CT molecular complexity index is 916. The Kier molecular flexibility index (Phi) is 2.24. The van der Waals surface area contributed by atoms with Gasteiger partial charge in [0.2, 0.25) is 0 Å². The van der Waals surface area contributed by atoms with E-state index in [0.29, 0.717) is 0 Å². The van der Waals surface area contributed by atoms with E-state index < -0.39 is 0 Å². The van der Waals surface area contributed by atoms with Gasteiger partial charge in [-0.3, -0.25) is 0 Å². The zero-order valence-electron chi connectivity index (χ0n) is 12.3. The highest BCUT2D eigenvalue weighted by molar-refractivity contribution is 6.11. The number of hydrogen-bond acceptors (Lipinski definition) is 2. The molecule has 3 aromatic rings. The number of H-pyrrole nitrogens is 1. The number of phenols is 1. The summed E-state index contributed by atoms with van der Waals surface area (Å²) in [6.07, 6.45) is 4.21. The number of aromatic nitrogens is 1. The van der Waals surface area contributed by atoms with Gasteiger partial charge in [0.1, 0.15) is 17.1 Å². The number of rotatable bonds is 0. The zero-order chi connectivity index (χ0) is 14.8. The van der Waals surface area contributed by atoms with Crippen LogP contribution >= 0.6 is 0 Å². The Morgan fingerprint density at radius 2 is 1.95 bits per heavy atom. The van der Waals surface area contributed by atoms with E-state index in [4.69, 9.17) is 4.74 Å². The van der Waals surface area contributed by atoms with Crippen molar-refractivity contribution in [3.05, 3.63) is 41.5 Å². The van der Waals surface area contributed by atoms with Crippen molar-refractivity contribution in [3.8, 4) is 11.5 Å². The Labute approximate surface area is 122 Å². The molecule has 0 saturated heterocycles. The third-order valence-electron chi connectivity index (χ3n) is 4.07. The van der Waals surface area contributed by atoms with Crippen molar-refractivity contribution >= 4 is 27.9 Å². The van der Waals surface area contributed by atoms with Crippen molar-refractivity contribution in [2.24, 2.45) is 0 Å². The lowest BCUT2D eigenvalue weighted by molar-refractivity contribution is 0.158. The summed E-state index contributed by atoms with van der Waals surface area (Å²) in [7, 11) is 0. The predicted octanol–water partition coefficient (Wildman–Crippen LogP) is 4.52. The van der Waals surface area contributed by atoms with Crippen LogP contribution < -0.4 is 4.74 Å². The molecule has 0 saturated carbocycles. The van der Waals surface area contributed by atoms with E-state index in [1.165, 1.54) is 0 Å². The van der Waals surface area contributed by atoms with Crippen LogP contribution in [0.4, 0.5) is 0 Å². The van der Waals surface area contributed by atoms with Crippen LogP contribution in [0.2, 0.25) is 0 Å². The molecule has 0 aliphatic carbocycles. The largest absolute Gasteiger partial charge is 0.508 e. The van der Waals surface area contributed by atoms with Crippen LogP contribution in [0.15, 0.2) is 30.3 Å². The van der Waals surface area contributed by atoms with Crippen molar-refractivity contribution in [3.63, 3.8) is 0 Å². The minimum Gasteiger partial charge on any atom is -0.508 e. The smallest absolute Gasteiger partial charge is 0.132 e. The lowest BCUT2D eigenvalue weighted by atomic mass is 9.97. The first-order valence-electron chi connectivity index (χ1n) is 7.11. The van der Waals surface area contributed by atoms with Crippen LogP contribution in [-0.2, 0) is 0 Å². The average molecular weight is 279 g/mol. The summed E-state index contributed by atoms with van der Waals surface area (Å²) in [6.45, 7) is 6.17. The Hall–Kier alpha value is -2.42. The maximum absolute atomic E-state index is 9.73. The molecule has 106 valence electrons. The maximum Gasteiger partial charge on any atom is 0.132 e. The van der Waals surface area contributed by atoms with Crippen LogP contribution in [0.1, 0.15) is 25.0 Å². The van der Waals surface area contributed by atoms with Gasteiger partial charge in [-0.15, -0.1) is 0 Å². The quantitative estimate of drug-likeness (QED) is 0.635. The fourth-order valence-corrected chi connectivity index (χ4v) is 3.05. The Balaban J connectivity index is 2.13. The van der Waals surface area contributed by atoms with Crippen molar-refractivity contribution in [2.45, 2.75) is 26.4 Å². The van der Waals surface area contributed by atoms with Crippen LogP contribution in [0, 0.1) is 6.92 Å². The molecule has 3 nitrogen and oxygen atoms in total. The minimum atomic E-state index is -0.282. The van der Waals surface area contributed by atoms with E-state index in [1.54, 1.807) is 12.1 Å². The molecule has 0 bridgehead atoms. The van der Waals surface area contributed by atoms with E-state index in [1.807, 2.05) is 6.07 Å². The van der Waals surface area contributed by atoms with Crippen LogP contribution in [0.3, 0.4) is 0 Å². The van der Waals surface area contributed by atoms with Crippen LogP contribution in [-0.4, -0.2) is 15.7 Å². The van der Waals surface area contributed by atoms with E-state index in [-0.39, 0.29) is 11.4 Å². The molecule has 1 aliphatic heterocycles. The molecule has 1 aliphatic rings. The molecule has 0 atom stereocenters. The monoisotopic (exact) mass is 279 g/mol. The molecule has 21 heavy (non-hydrogen) atoms. The summed E-state index contributed by atoms with van der Waals surface area (Å²) in [5.74, 6) is 1.22. The summed E-state index contributed by atoms with van der Waals surface area (Å²) >= 11 is 0.